The van der Waals surface area contributed by atoms with E-state index in [0.717, 1.165) is 11.4 Å². The van der Waals surface area contributed by atoms with Crippen molar-refractivity contribution in [3.63, 3.8) is 0 Å². The highest BCUT2D eigenvalue weighted by molar-refractivity contribution is 5.69. The Hall–Kier alpha value is -2.22. The summed E-state index contributed by atoms with van der Waals surface area (Å²) in [6.07, 6.45) is 1.26. The van der Waals surface area contributed by atoms with Gasteiger partial charge in [-0.2, -0.15) is 0 Å². The van der Waals surface area contributed by atoms with Gasteiger partial charge < -0.3 is 10.0 Å². The quantitative estimate of drug-likeness (QED) is 0.633. The van der Waals surface area contributed by atoms with Gasteiger partial charge in [-0.3, -0.25) is 19.8 Å². The number of rotatable bonds is 4. The Morgan fingerprint density at radius 1 is 1.45 bits per heavy atom. The van der Waals surface area contributed by atoms with Gasteiger partial charge in [-0.05, 0) is 12.5 Å². The molecule has 0 saturated carbocycles. The summed E-state index contributed by atoms with van der Waals surface area (Å²) in [6, 6.07) is 1.51. The van der Waals surface area contributed by atoms with E-state index >= 15 is 0 Å². The van der Waals surface area contributed by atoms with Crippen molar-refractivity contribution in [3.05, 3.63) is 27.9 Å². The molecule has 0 aromatic carbocycles. The first-order valence-electron chi connectivity index (χ1n) is 6.27. The molecular formula is C12H16N4O4. The molecule has 0 amide bonds. The van der Waals surface area contributed by atoms with Gasteiger partial charge in [-0.25, -0.2) is 4.98 Å². The summed E-state index contributed by atoms with van der Waals surface area (Å²) in [7, 11) is 0. The summed E-state index contributed by atoms with van der Waals surface area (Å²) in [5.74, 6) is -0.103. The molecule has 8 heteroatoms. The first kappa shape index (κ1) is 14.2. The van der Waals surface area contributed by atoms with E-state index in [1.165, 1.54) is 12.3 Å². The molecule has 1 N–H and O–H groups in total. The maximum Gasteiger partial charge on any atom is 0.317 e. The van der Waals surface area contributed by atoms with Crippen LogP contribution in [0.5, 0.6) is 0 Å². The monoisotopic (exact) mass is 280 g/mol. The van der Waals surface area contributed by atoms with Crippen molar-refractivity contribution in [1.29, 1.82) is 0 Å². The number of anilines is 1. The number of carbonyl (C=O) groups is 1. The first-order chi connectivity index (χ1) is 9.47. The zero-order valence-corrected chi connectivity index (χ0v) is 11.2. The lowest BCUT2D eigenvalue weighted by Gasteiger charge is -2.35. The molecule has 1 aliphatic heterocycles. The Morgan fingerprint density at radius 2 is 2.10 bits per heavy atom. The van der Waals surface area contributed by atoms with Crippen LogP contribution in [0.2, 0.25) is 0 Å². The van der Waals surface area contributed by atoms with Gasteiger partial charge in [0.2, 0.25) is 0 Å². The van der Waals surface area contributed by atoms with E-state index < -0.39 is 10.9 Å². The number of aromatic nitrogens is 1. The van der Waals surface area contributed by atoms with Crippen molar-refractivity contribution in [2.24, 2.45) is 0 Å². The normalized spacial score (nSPS) is 16.1. The van der Waals surface area contributed by atoms with Crippen molar-refractivity contribution >= 4 is 17.5 Å². The van der Waals surface area contributed by atoms with Crippen molar-refractivity contribution in [1.82, 2.24) is 9.88 Å². The molecule has 0 spiro atoms. The number of hydrogen-bond acceptors (Lipinski definition) is 6. The summed E-state index contributed by atoms with van der Waals surface area (Å²) >= 11 is 0. The van der Waals surface area contributed by atoms with Crippen LogP contribution in [0, 0.1) is 17.0 Å². The van der Waals surface area contributed by atoms with E-state index in [4.69, 9.17) is 5.11 Å². The van der Waals surface area contributed by atoms with Gasteiger partial charge in [0.05, 0.1) is 11.5 Å². The van der Waals surface area contributed by atoms with E-state index in [2.05, 4.69) is 4.98 Å². The van der Waals surface area contributed by atoms with Crippen LogP contribution in [0.4, 0.5) is 11.5 Å². The van der Waals surface area contributed by atoms with Crippen LogP contribution in [0.25, 0.3) is 0 Å². The highest BCUT2D eigenvalue weighted by atomic mass is 16.6. The van der Waals surface area contributed by atoms with Crippen molar-refractivity contribution in [2.45, 2.75) is 6.92 Å². The molecule has 1 aromatic rings. The maximum atomic E-state index is 10.7. The zero-order valence-electron chi connectivity index (χ0n) is 11.2. The molecule has 20 heavy (non-hydrogen) atoms. The van der Waals surface area contributed by atoms with Gasteiger partial charge >= 0.3 is 5.97 Å². The molecule has 0 unspecified atom stereocenters. The lowest BCUT2D eigenvalue weighted by atomic mass is 10.2. The van der Waals surface area contributed by atoms with Crippen molar-refractivity contribution < 1.29 is 14.8 Å². The van der Waals surface area contributed by atoms with Crippen molar-refractivity contribution in [2.75, 3.05) is 37.6 Å². The SMILES string of the molecule is Cc1cc([N+](=O)[O-])cnc1N1CCN(CC(=O)O)CC1. The topological polar surface area (TPSA) is 99.8 Å². The second-order valence-electron chi connectivity index (χ2n) is 4.75. The maximum absolute atomic E-state index is 10.7. The van der Waals surface area contributed by atoms with Crippen LogP contribution in [-0.4, -0.2) is 58.6 Å². The molecule has 0 atom stereocenters. The lowest BCUT2D eigenvalue weighted by Crippen LogP contribution is -2.48. The highest BCUT2D eigenvalue weighted by Crippen LogP contribution is 2.22. The predicted molar refractivity (Wildman–Crippen MR) is 71.9 cm³/mol. The van der Waals surface area contributed by atoms with Gasteiger partial charge in [0.15, 0.2) is 0 Å². The molecule has 1 aliphatic rings. The minimum Gasteiger partial charge on any atom is -0.480 e. The molecule has 1 fully saturated rings. The second-order valence-corrected chi connectivity index (χ2v) is 4.75. The van der Waals surface area contributed by atoms with Gasteiger partial charge in [0.1, 0.15) is 12.0 Å². The fourth-order valence-corrected chi connectivity index (χ4v) is 2.29. The lowest BCUT2D eigenvalue weighted by molar-refractivity contribution is -0.385. The number of carboxylic acids is 1. The summed E-state index contributed by atoms with van der Waals surface area (Å²) in [6.45, 7) is 4.45. The predicted octanol–water partition coefficient (Wildman–Crippen LogP) is 0.505. The standard InChI is InChI=1S/C12H16N4O4/c1-9-6-10(16(19)20)7-13-12(9)15-4-2-14(3-5-15)8-11(17)18/h6-7H,2-5,8H2,1H3,(H,17,18). The minimum absolute atomic E-state index is 0.0178. The number of nitro groups is 1. The number of aliphatic carboxylic acids is 1. The average Bonchev–Trinajstić information content (AvgIpc) is 2.39. The van der Waals surface area contributed by atoms with Crippen LogP contribution < -0.4 is 4.90 Å². The van der Waals surface area contributed by atoms with Crippen LogP contribution in [0.1, 0.15) is 5.56 Å². The Labute approximate surface area is 115 Å². The Balaban J connectivity index is 2.03. The van der Waals surface area contributed by atoms with Gasteiger partial charge in [0.25, 0.3) is 5.69 Å². The first-order valence-corrected chi connectivity index (χ1v) is 6.27. The summed E-state index contributed by atoms with van der Waals surface area (Å²) < 4.78 is 0. The minimum atomic E-state index is -0.830. The van der Waals surface area contributed by atoms with Crippen LogP contribution in [0.3, 0.4) is 0 Å². The number of hydrogen-bond donors (Lipinski definition) is 1. The van der Waals surface area contributed by atoms with Crippen LogP contribution in [-0.2, 0) is 4.79 Å². The van der Waals surface area contributed by atoms with Gasteiger partial charge in [0, 0.05) is 32.2 Å². The van der Waals surface area contributed by atoms with E-state index in [9.17, 15) is 14.9 Å². The molecule has 2 rings (SSSR count). The Kier molecular flexibility index (Phi) is 4.14. The Bertz CT molecular complexity index is 526. The smallest absolute Gasteiger partial charge is 0.317 e. The third-order valence-corrected chi connectivity index (χ3v) is 3.28. The summed E-state index contributed by atoms with van der Waals surface area (Å²) in [5.41, 5.74) is 0.738. The second kappa shape index (κ2) is 5.83. The van der Waals surface area contributed by atoms with E-state index in [-0.39, 0.29) is 12.2 Å². The Morgan fingerprint density at radius 3 is 2.60 bits per heavy atom. The van der Waals surface area contributed by atoms with Gasteiger partial charge in [-0.15, -0.1) is 0 Å². The summed E-state index contributed by atoms with van der Waals surface area (Å²) in [5, 5.41) is 19.4. The number of nitrogens with zero attached hydrogens (tertiary/aromatic N) is 4. The molecule has 2 heterocycles. The van der Waals surface area contributed by atoms with Crippen LogP contribution in [0.15, 0.2) is 12.3 Å². The highest BCUT2D eigenvalue weighted by Gasteiger charge is 2.21. The number of carboxylic acid groups (broad SMARTS) is 1. The van der Waals surface area contributed by atoms with Crippen molar-refractivity contribution in [3.8, 4) is 0 Å². The van der Waals surface area contributed by atoms with E-state index in [1.54, 1.807) is 6.92 Å². The average molecular weight is 280 g/mol. The number of pyridine rings is 1. The number of aryl methyl sites for hydroxylation is 1. The van der Waals surface area contributed by atoms with E-state index in [1.807, 2.05) is 9.80 Å². The molecule has 0 radical (unpaired) electrons. The molecule has 0 bridgehead atoms. The molecule has 1 aromatic heterocycles. The molecule has 108 valence electrons. The van der Waals surface area contributed by atoms with Gasteiger partial charge in [-0.1, -0.05) is 0 Å². The molecule has 1 saturated heterocycles. The molecular weight excluding hydrogens is 264 g/mol. The molecule has 8 nitrogen and oxygen atoms in total. The third-order valence-electron chi connectivity index (χ3n) is 3.28. The molecule has 0 aliphatic carbocycles. The summed E-state index contributed by atoms with van der Waals surface area (Å²) in [4.78, 5) is 28.9. The number of piperazine rings is 1. The third kappa shape index (κ3) is 3.21. The van der Waals surface area contributed by atoms with Crippen LogP contribution >= 0.6 is 0 Å². The van der Waals surface area contributed by atoms with E-state index in [0.29, 0.717) is 26.2 Å². The zero-order chi connectivity index (χ0) is 14.7. The fraction of sp³-hybridized carbons (Fsp3) is 0.500. The fourth-order valence-electron chi connectivity index (χ4n) is 2.29. The largest absolute Gasteiger partial charge is 0.480 e.